The summed E-state index contributed by atoms with van der Waals surface area (Å²) < 4.78 is 10.8. The zero-order valence-electron chi connectivity index (χ0n) is 22.1. The van der Waals surface area contributed by atoms with E-state index in [1.165, 1.54) is 30.0 Å². The van der Waals surface area contributed by atoms with Crippen LogP contribution < -0.4 is 10.2 Å². The van der Waals surface area contributed by atoms with Gasteiger partial charge in [-0.1, -0.05) is 72.3 Å². The number of β-lactam (4-membered cyclic amide) rings is 1. The predicted molar refractivity (Wildman–Crippen MR) is 155 cm³/mol. The van der Waals surface area contributed by atoms with Crippen LogP contribution in [0.25, 0.3) is 0 Å². The molecule has 3 aromatic carbocycles. The number of nitrogens with one attached hydrogen (secondary N) is 1. The second kappa shape index (κ2) is 12.1. The fourth-order valence-electron chi connectivity index (χ4n) is 4.77. The normalized spacial score (nSPS) is 19.4. The van der Waals surface area contributed by atoms with Crippen molar-refractivity contribution in [2.75, 3.05) is 12.0 Å². The molecule has 3 amide bonds. The molecule has 9 nitrogen and oxygen atoms in total. The van der Waals surface area contributed by atoms with Gasteiger partial charge in [0.15, 0.2) is 6.10 Å². The van der Waals surface area contributed by atoms with Crippen LogP contribution in [0.2, 0.25) is 5.02 Å². The van der Waals surface area contributed by atoms with E-state index in [9.17, 15) is 19.2 Å². The highest BCUT2D eigenvalue weighted by molar-refractivity contribution is 8.01. The molecule has 0 saturated carbocycles. The monoisotopic (exact) mass is 591 g/mol. The molecule has 1 fully saturated rings. The largest absolute Gasteiger partial charge is 0.453 e. The minimum atomic E-state index is -1.03. The summed E-state index contributed by atoms with van der Waals surface area (Å²) in [7, 11) is 1.20. The minimum Gasteiger partial charge on any atom is -0.453 e. The lowest BCUT2D eigenvalue weighted by Gasteiger charge is -2.52. The first kappa shape index (κ1) is 28.3. The van der Waals surface area contributed by atoms with Crippen LogP contribution in [-0.2, 0) is 23.9 Å². The smallest absolute Gasteiger partial charge is 0.411 e. The van der Waals surface area contributed by atoms with Gasteiger partial charge >= 0.3 is 12.1 Å². The molecule has 0 bridgehead atoms. The molecule has 0 radical (unpaired) electrons. The highest BCUT2D eigenvalue weighted by atomic mass is 35.5. The summed E-state index contributed by atoms with van der Waals surface area (Å²) in [5.41, 5.74) is 2.16. The number of benzene rings is 3. The van der Waals surface area contributed by atoms with Crippen LogP contribution in [0, 0.1) is 0 Å². The molecule has 1 saturated heterocycles. The molecule has 11 heteroatoms. The molecular formula is C30H26ClN3O6S. The Morgan fingerprint density at radius 1 is 0.951 bits per heavy atom. The fraction of sp³-hybridized carbons (Fsp3) is 0.200. The summed E-state index contributed by atoms with van der Waals surface area (Å²) in [4.78, 5) is 54.8. The van der Waals surface area contributed by atoms with Crippen molar-refractivity contribution < 1.29 is 28.7 Å². The first-order valence-electron chi connectivity index (χ1n) is 12.7. The van der Waals surface area contributed by atoms with Crippen LogP contribution in [-0.4, -0.2) is 52.6 Å². The first-order valence-corrected chi connectivity index (χ1v) is 14.0. The van der Waals surface area contributed by atoms with Gasteiger partial charge in [0, 0.05) is 23.8 Å². The zero-order valence-corrected chi connectivity index (χ0v) is 23.7. The van der Waals surface area contributed by atoms with Gasteiger partial charge in [-0.25, -0.2) is 4.79 Å². The van der Waals surface area contributed by atoms with Gasteiger partial charge in [-0.3, -0.25) is 24.6 Å². The Labute approximate surface area is 246 Å². The Balaban J connectivity index is 1.47. The molecule has 0 aliphatic carbocycles. The zero-order chi connectivity index (χ0) is 29.1. The Bertz CT molecular complexity index is 1450. The number of nitrogens with zero attached hydrogens (tertiary/aromatic N) is 2. The van der Waals surface area contributed by atoms with E-state index in [0.717, 1.165) is 22.9 Å². The average Bonchev–Trinajstić information content (AvgIpc) is 2.99. The van der Waals surface area contributed by atoms with Gasteiger partial charge in [-0.15, -0.1) is 11.8 Å². The van der Waals surface area contributed by atoms with E-state index in [4.69, 9.17) is 21.1 Å². The van der Waals surface area contributed by atoms with Crippen LogP contribution in [0.3, 0.4) is 0 Å². The number of halogens is 1. The van der Waals surface area contributed by atoms with Crippen molar-refractivity contribution >= 4 is 52.9 Å². The summed E-state index contributed by atoms with van der Waals surface area (Å²) in [6.45, 7) is 1.37. The lowest BCUT2D eigenvalue weighted by Crippen LogP contribution is -2.70. The van der Waals surface area contributed by atoms with Crippen LogP contribution in [0.5, 0.6) is 0 Å². The predicted octanol–water partition coefficient (Wildman–Crippen LogP) is 4.88. The van der Waals surface area contributed by atoms with Crippen LogP contribution >= 0.6 is 23.4 Å². The van der Waals surface area contributed by atoms with Crippen LogP contribution in [0.15, 0.2) is 96.8 Å². The Kier molecular flexibility index (Phi) is 8.32. The summed E-state index contributed by atoms with van der Waals surface area (Å²) in [5.74, 6) is -1.34. The van der Waals surface area contributed by atoms with Crippen molar-refractivity contribution in [3.05, 3.63) is 113 Å². The number of alkyl carbamates (subject to hydrolysis) is 1. The van der Waals surface area contributed by atoms with Crippen molar-refractivity contribution in [1.82, 2.24) is 10.2 Å². The van der Waals surface area contributed by atoms with Crippen molar-refractivity contribution in [3.63, 3.8) is 0 Å². The first-order chi connectivity index (χ1) is 19.8. The third-order valence-corrected chi connectivity index (χ3v) is 8.43. The molecule has 1 N–H and O–H groups in total. The number of hydrogen-bond donors (Lipinski definition) is 1. The van der Waals surface area contributed by atoms with E-state index in [0.29, 0.717) is 10.7 Å². The molecule has 0 aromatic heterocycles. The fourth-order valence-corrected chi connectivity index (χ4v) is 6.29. The third kappa shape index (κ3) is 5.79. The number of hydrogen-bond acceptors (Lipinski definition) is 7. The van der Waals surface area contributed by atoms with Gasteiger partial charge in [0.05, 0.1) is 12.8 Å². The SMILES string of the molecule is COC(=O)NC1=CN2C(=O)C(N(C(C)=O)c3ccc(Cl)cc3)[C@H]2SC1C(=O)OC(c1ccccc1)c1ccccc1. The van der Waals surface area contributed by atoms with Crippen LogP contribution in [0.4, 0.5) is 10.5 Å². The highest BCUT2D eigenvalue weighted by Crippen LogP contribution is 2.44. The number of carbonyl (C=O) groups excluding carboxylic acids is 4. The number of anilines is 1. The van der Waals surface area contributed by atoms with Crippen molar-refractivity contribution in [2.45, 2.75) is 29.7 Å². The van der Waals surface area contributed by atoms with Crippen molar-refractivity contribution in [2.24, 2.45) is 0 Å². The second-order valence-corrected chi connectivity index (χ2v) is 11.0. The van der Waals surface area contributed by atoms with E-state index >= 15 is 0 Å². The summed E-state index contributed by atoms with van der Waals surface area (Å²) in [6, 6.07) is 24.3. The maximum Gasteiger partial charge on any atom is 0.411 e. The molecule has 3 aromatic rings. The second-order valence-electron chi connectivity index (χ2n) is 9.30. The van der Waals surface area contributed by atoms with Crippen LogP contribution in [0.1, 0.15) is 24.2 Å². The number of thioether (sulfide) groups is 1. The van der Waals surface area contributed by atoms with Gasteiger partial charge in [-0.2, -0.15) is 0 Å². The van der Waals surface area contributed by atoms with E-state index in [1.807, 2.05) is 60.7 Å². The number of esters is 1. The summed E-state index contributed by atoms with van der Waals surface area (Å²) in [6.07, 6.45) is -0.111. The molecule has 2 aliphatic heterocycles. The van der Waals surface area contributed by atoms with Gasteiger partial charge in [0.1, 0.15) is 16.7 Å². The highest BCUT2D eigenvalue weighted by Gasteiger charge is 2.56. The van der Waals surface area contributed by atoms with E-state index in [-0.39, 0.29) is 17.5 Å². The number of amides is 3. The van der Waals surface area contributed by atoms with E-state index in [2.05, 4.69) is 5.32 Å². The number of fused-ring (bicyclic) bond motifs is 1. The average molecular weight is 592 g/mol. The molecule has 2 unspecified atom stereocenters. The Hall–Kier alpha value is -4.28. The molecule has 5 rings (SSSR count). The number of carbonyl (C=O) groups is 4. The molecule has 3 atom stereocenters. The Morgan fingerprint density at radius 2 is 1.54 bits per heavy atom. The number of methoxy groups -OCH3 is 1. The molecular weight excluding hydrogens is 566 g/mol. The quantitative estimate of drug-likeness (QED) is 0.308. The van der Waals surface area contributed by atoms with Gasteiger partial charge < -0.3 is 14.4 Å². The Morgan fingerprint density at radius 3 is 2.07 bits per heavy atom. The molecule has 41 heavy (non-hydrogen) atoms. The van der Waals surface area contributed by atoms with Gasteiger partial charge in [0.2, 0.25) is 5.91 Å². The van der Waals surface area contributed by atoms with E-state index < -0.39 is 34.8 Å². The lowest BCUT2D eigenvalue weighted by atomic mass is 10.0. The van der Waals surface area contributed by atoms with Gasteiger partial charge in [0.25, 0.3) is 5.91 Å². The lowest BCUT2D eigenvalue weighted by molar-refractivity contribution is -0.147. The molecule has 210 valence electrons. The summed E-state index contributed by atoms with van der Waals surface area (Å²) in [5, 5.41) is 1.40. The van der Waals surface area contributed by atoms with Crippen molar-refractivity contribution in [3.8, 4) is 0 Å². The minimum absolute atomic E-state index is 0.135. The third-order valence-electron chi connectivity index (χ3n) is 6.69. The van der Waals surface area contributed by atoms with E-state index in [1.54, 1.807) is 24.3 Å². The number of rotatable bonds is 7. The number of ether oxygens (including phenoxy) is 2. The van der Waals surface area contributed by atoms with Crippen molar-refractivity contribution in [1.29, 1.82) is 0 Å². The van der Waals surface area contributed by atoms with Gasteiger partial charge in [-0.05, 0) is 35.4 Å². The standard InChI is InChI=1S/C30H26ClN3O6S/c1-18(35)34(22-15-13-21(31)14-16-22)24-27(36)33-17-23(32-30(38)39-2)26(41-28(24)33)29(37)40-25(19-9-5-3-6-10-19)20-11-7-4-8-12-20/h3-17,24-26,28H,1-2H3,(H,32,38)/t24?,26?,28-/m1/s1. The maximum absolute atomic E-state index is 13.8. The molecule has 2 aliphatic rings. The maximum atomic E-state index is 13.8. The summed E-state index contributed by atoms with van der Waals surface area (Å²) >= 11 is 7.14. The molecule has 2 heterocycles. The topological polar surface area (TPSA) is 105 Å². The molecule has 0 spiro atoms.